The second-order valence-electron chi connectivity index (χ2n) is 9.52. The molecule has 0 N–H and O–H groups in total. The minimum Gasteiger partial charge on any atom is -0.497 e. The first-order valence-electron chi connectivity index (χ1n) is 11.1. The fourth-order valence-electron chi connectivity index (χ4n) is 6.86. The lowest BCUT2D eigenvalue weighted by atomic mass is 9.55. The molecule has 148 valence electrons. The van der Waals surface area contributed by atoms with Crippen molar-refractivity contribution in [2.24, 2.45) is 17.3 Å². The van der Waals surface area contributed by atoms with Crippen molar-refractivity contribution >= 4 is 0 Å². The van der Waals surface area contributed by atoms with Crippen molar-refractivity contribution in [3.05, 3.63) is 29.3 Å². The Hall–Kier alpha value is -1.06. The molecular formula is C24H34O3. The van der Waals surface area contributed by atoms with Gasteiger partial charge < -0.3 is 14.2 Å². The van der Waals surface area contributed by atoms with Gasteiger partial charge in [-0.1, -0.05) is 13.0 Å². The number of hydrogen-bond acceptors (Lipinski definition) is 3. The fourth-order valence-corrected chi connectivity index (χ4v) is 6.86. The summed E-state index contributed by atoms with van der Waals surface area (Å²) in [4.78, 5) is 0. The summed E-state index contributed by atoms with van der Waals surface area (Å²) in [6, 6.07) is 6.79. The van der Waals surface area contributed by atoms with Gasteiger partial charge in [-0.05, 0) is 104 Å². The Morgan fingerprint density at radius 2 is 2.00 bits per heavy atom. The summed E-state index contributed by atoms with van der Waals surface area (Å²) >= 11 is 0. The molecule has 0 aromatic heterocycles. The van der Waals surface area contributed by atoms with Crippen LogP contribution in [0.15, 0.2) is 18.2 Å². The molecule has 3 nitrogen and oxygen atoms in total. The van der Waals surface area contributed by atoms with Crippen molar-refractivity contribution in [3.8, 4) is 5.75 Å². The van der Waals surface area contributed by atoms with Crippen LogP contribution in [0.25, 0.3) is 0 Å². The quantitative estimate of drug-likeness (QED) is 0.707. The Morgan fingerprint density at radius 3 is 2.81 bits per heavy atom. The van der Waals surface area contributed by atoms with E-state index in [-0.39, 0.29) is 6.29 Å². The van der Waals surface area contributed by atoms with Gasteiger partial charge >= 0.3 is 0 Å². The first-order valence-corrected chi connectivity index (χ1v) is 11.1. The molecule has 1 aliphatic heterocycles. The van der Waals surface area contributed by atoms with Crippen molar-refractivity contribution in [2.45, 2.75) is 83.0 Å². The molecule has 0 bridgehead atoms. The second kappa shape index (κ2) is 7.08. The normalized spacial score (nSPS) is 40.7. The minimum absolute atomic E-state index is 0.0524. The van der Waals surface area contributed by atoms with Crippen LogP contribution in [0.1, 0.15) is 75.3 Å². The van der Waals surface area contributed by atoms with Gasteiger partial charge in [-0.2, -0.15) is 0 Å². The molecule has 0 amide bonds. The Kier molecular flexibility index (Phi) is 4.72. The van der Waals surface area contributed by atoms with E-state index in [1.54, 1.807) is 12.7 Å². The van der Waals surface area contributed by atoms with E-state index in [4.69, 9.17) is 14.2 Å². The second-order valence-corrected chi connectivity index (χ2v) is 9.52. The zero-order chi connectivity index (χ0) is 18.4. The molecule has 1 saturated heterocycles. The van der Waals surface area contributed by atoms with E-state index in [1.807, 2.05) is 0 Å². The Labute approximate surface area is 163 Å². The molecular weight excluding hydrogens is 336 g/mol. The standard InChI is InChI=1S/C24H34O3/c1-24-13-12-19-18-9-7-17(25-2)15-16(18)6-8-20(19)21(24)10-11-22(24)27-23-5-3-4-14-26-23/h7,9,15,19-23H,3-6,8,10-14H2,1-2H3/t19-,20-,21+,22+,23+,24+/m1/s1. The van der Waals surface area contributed by atoms with Crippen LogP contribution >= 0.6 is 0 Å². The molecule has 1 aromatic rings. The van der Waals surface area contributed by atoms with E-state index in [9.17, 15) is 0 Å². The highest BCUT2D eigenvalue weighted by Gasteiger charge is 2.55. The van der Waals surface area contributed by atoms with E-state index in [2.05, 4.69) is 25.1 Å². The molecule has 27 heavy (non-hydrogen) atoms. The lowest BCUT2D eigenvalue weighted by Gasteiger charge is -2.51. The molecule has 0 radical (unpaired) electrons. The van der Waals surface area contributed by atoms with Crippen LogP contribution in [0, 0.1) is 17.3 Å². The molecule has 0 spiro atoms. The predicted molar refractivity (Wildman–Crippen MR) is 106 cm³/mol. The van der Waals surface area contributed by atoms with Crippen LogP contribution in [0.5, 0.6) is 5.75 Å². The van der Waals surface area contributed by atoms with Crippen LogP contribution < -0.4 is 4.74 Å². The first-order chi connectivity index (χ1) is 13.2. The van der Waals surface area contributed by atoms with Gasteiger partial charge in [0.15, 0.2) is 6.29 Å². The van der Waals surface area contributed by atoms with Gasteiger partial charge in [-0.3, -0.25) is 0 Å². The fraction of sp³-hybridized carbons (Fsp3) is 0.750. The Bertz CT molecular complexity index is 680. The highest BCUT2D eigenvalue weighted by molar-refractivity contribution is 5.40. The molecule has 1 heterocycles. The van der Waals surface area contributed by atoms with Gasteiger partial charge in [0.1, 0.15) is 5.75 Å². The van der Waals surface area contributed by atoms with Gasteiger partial charge in [0.2, 0.25) is 0 Å². The zero-order valence-electron chi connectivity index (χ0n) is 16.9. The van der Waals surface area contributed by atoms with E-state index in [1.165, 1.54) is 56.9 Å². The molecule has 4 aliphatic rings. The smallest absolute Gasteiger partial charge is 0.157 e. The molecule has 6 atom stereocenters. The molecule has 3 heteroatoms. The average Bonchev–Trinajstić information content (AvgIpc) is 3.04. The van der Waals surface area contributed by atoms with Crippen LogP contribution in [-0.2, 0) is 15.9 Å². The van der Waals surface area contributed by atoms with Crippen LogP contribution in [-0.4, -0.2) is 26.1 Å². The number of rotatable bonds is 3. The van der Waals surface area contributed by atoms with Crippen LogP contribution in [0.2, 0.25) is 0 Å². The average molecular weight is 371 g/mol. The van der Waals surface area contributed by atoms with Crippen molar-refractivity contribution in [3.63, 3.8) is 0 Å². The summed E-state index contributed by atoms with van der Waals surface area (Å²) in [6.45, 7) is 3.40. The number of methoxy groups -OCH3 is 1. The highest BCUT2D eigenvalue weighted by atomic mass is 16.7. The van der Waals surface area contributed by atoms with Gasteiger partial charge in [0.25, 0.3) is 0 Å². The van der Waals surface area contributed by atoms with Crippen molar-refractivity contribution in [1.29, 1.82) is 0 Å². The van der Waals surface area contributed by atoms with Crippen molar-refractivity contribution < 1.29 is 14.2 Å². The van der Waals surface area contributed by atoms with Gasteiger partial charge in [-0.25, -0.2) is 0 Å². The summed E-state index contributed by atoms with van der Waals surface area (Å²) in [5.74, 6) is 3.38. The van der Waals surface area contributed by atoms with Crippen molar-refractivity contribution in [2.75, 3.05) is 13.7 Å². The maximum atomic E-state index is 6.57. The zero-order valence-corrected chi connectivity index (χ0v) is 16.9. The first kappa shape index (κ1) is 18.0. The highest BCUT2D eigenvalue weighted by Crippen LogP contribution is 2.61. The largest absolute Gasteiger partial charge is 0.497 e. The molecule has 2 saturated carbocycles. The van der Waals surface area contributed by atoms with E-state index in [0.717, 1.165) is 36.5 Å². The lowest BCUT2D eigenvalue weighted by Crippen LogP contribution is -2.46. The molecule has 3 fully saturated rings. The Balaban J connectivity index is 1.35. The SMILES string of the molecule is COc1ccc2c(c1)CC[C@@H]1[C@@H]2CC[C@]2(C)[C@@H](O[C@H]3CCCCO3)CC[C@@H]12. The predicted octanol–water partition coefficient (Wildman–Crippen LogP) is 5.46. The summed E-state index contributed by atoms with van der Waals surface area (Å²) in [6.07, 6.45) is 11.7. The summed E-state index contributed by atoms with van der Waals surface area (Å²) < 4.78 is 17.9. The van der Waals surface area contributed by atoms with E-state index < -0.39 is 0 Å². The van der Waals surface area contributed by atoms with E-state index >= 15 is 0 Å². The summed E-state index contributed by atoms with van der Waals surface area (Å²) in [5, 5.41) is 0. The molecule has 1 aromatic carbocycles. The third kappa shape index (κ3) is 3.02. The topological polar surface area (TPSA) is 27.7 Å². The maximum absolute atomic E-state index is 6.57. The monoisotopic (exact) mass is 370 g/mol. The number of hydrogen-bond donors (Lipinski definition) is 0. The van der Waals surface area contributed by atoms with Gasteiger partial charge in [0.05, 0.1) is 13.2 Å². The number of aryl methyl sites for hydroxylation is 1. The molecule has 3 aliphatic carbocycles. The molecule has 0 unspecified atom stereocenters. The van der Waals surface area contributed by atoms with Crippen LogP contribution in [0.4, 0.5) is 0 Å². The third-order valence-corrected chi connectivity index (χ3v) is 8.30. The van der Waals surface area contributed by atoms with Gasteiger partial charge in [0, 0.05) is 6.61 Å². The third-order valence-electron chi connectivity index (χ3n) is 8.30. The summed E-state index contributed by atoms with van der Waals surface area (Å²) in [7, 11) is 1.77. The Morgan fingerprint density at radius 1 is 1.07 bits per heavy atom. The minimum atomic E-state index is 0.0524. The van der Waals surface area contributed by atoms with Crippen molar-refractivity contribution in [1.82, 2.24) is 0 Å². The van der Waals surface area contributed by atoms with Crippen LogP contribution in [0.3, 0.4) is 0 Å². The number of benzene rings is 1. The maximum Gasteiger partial charge on any atom is 0.157 e. The number of ether oxygens (including phenoxy) is 3. The molecule has 5 rings (SSSR count). The van der Waals surface area contributed by atoms with E-state index in [0.29, 0.717) is 11.5 Å². The number of fused-ring (bicyclic) bond motifs is 5. The summed E-state index contributed by atoms with van der Waals surface area (Å²) in [5.41, 5.74) is 3.47. The van der Waals surface area contributed by atoms with Gasteiger partial charge in [-0.15, -0.1) is 0 Å². The lowest BCUT2D eigenvalue weighted by molar-refractivity contribution is -0.212.